The summed E-state index contributed by atoms with van der Waals surface area (Å²) >= 11 is 0. The summed E-state index contributed by atoms with van der Waals surface area (Å²) in [6.07, 6.45) is 3.44. The molecule has 0 aliphatic carbocycles. The van der Waals surface area contributed by atoms with Crippen LogP contribution < -0.4 is 5.32 Å². The Labute approximate surface area is 137 Å². The van der Waals surface area contributed by atoms with E-state index in [0.717, 1.165) is 31.7 Å². The maximum absolute atomic E-state index is 12.6. The van der Waals surface area contributed by atoms with E-state index in [0.29, 0.717) is 23.9 Å². The third-order valence-electron chi connectivity index (χ3n) is 4.27. The zero-order chi connectivity index (χ0) is 16.1. The van der Waals surface area contributed by atoms with Crippen LogP contribution in [-0.2, 0) is 16.6 Å². The van der Waals surface area contributed by atoms with Crippen LogP contribution in [0.2, 0.25) is 0 Å². The Hall–Kier alpha value is -1.63. The summed E-state index contributed by atoms with van der Waals surface area (Å²) in [6, 6.07) is 12.5. The van der Waals surface area contributed by atoms with Crippen LogP contribution in [0.15, 0.2) is 58.0 Å². The third kappa shape index (κ3) is 4.02. The Balaban J connectivity index is 1.48. The van der Waals surface area contributed by atoms with Crippen LogP contribution in [0.25, 0.3) is 0 Å². The van der Waals surface area contributed by atoms with Gasteiger partial charge in [-0.05, 0) is 49.6 Å². The van der Waals surface area contributed by atoms with E-state index in [9.17, 15) is 8.42 Å². The SMILES string of the molecule is O=S(=O)(c1ccccc1)N1CCC(CNCc2ccco2)CC1. The van der Waals surface area contributed by atoms with E-state index < -0.39 is 10.0 Å². The van der Waals surface area contributed by atoms with Gasteiger partial charge in [-0.25, -0.2) is 8.42 Å². The molecule has 0 atom stereocenters. The number of hydrogen-bond donors (Lipinski definition) is 1. The van der Waals surface area contributed by atoms with Gasteiger partial charge in [0.2, 0.25) is 10.0 Å². The van der Waals surface area contributed by atoms with E-state index >= 15 is 0 Å². The molecule has 1 fully saturated rings. The van der Waals surface area contributed by atoms with E-state index in [1.54, 1.807) is 34.8 Å². The molecule has 1 aliphatic rings. The Bertz CT molecular complexity index is 691. The van der Waals surface area contributed by atoms with E-state index in [1.807, 2.05) is 18.2 Å². The lowest BCUT2D eigenvalue weighted by molar-refractivity contribution is 0.265. The molecule has 0 bridgehead atoms. The molecular weight excluding hydrogens is 312 g/mol. The average Bonchev–Trinajstić information content (AvgIpc) is 3.10. The summed E-state index contributed by atoms with van der Waals surface area (Å²) in [6.45, 7) is 2.78. The number of hydrogen-bond acceptors (Lipinski definition) is 4. The maximum Gasteiger partial charge on any atom is 0.243 e. The molecule has 0 unspecified atom stereocenters. The molecule has 1 aromatic heterocycles. The first-order chi connectivity index (χ1) is 11.2. The Morgan fingerprint density at radius 1 is 1.09 bits per heavy atom. The summed E-state index contributed by atoms with van der Waals surface area (Å²) in [7, 11) is -3.34. The second-order valence-corrected chi connectivity index (χ2v) is 7.81. The molecule has 124 valence electrons. The zero-order valence-corrected chi connectivity index (χ0v) is 13.8. The van der Waals surface area contributed by atoms with E-state index in [2.05, 4.69) is 5.32 Å². The molecule has 0 amide bonds. The highest BCUT2D eigenvalue weighted by atomic mass is 32.2. The molecule has 2 heterocycles. The quantitative estimate of drug-likeness (QED) is 0.881. The molecule has 0 radical (unpaired) electrons. The molecule has 3 rings (SSSR count). The fraction of sp³-hybridized carbons (Fsp3) is 0.412. The van der Waals surface area contributed by atoms with Crippen LogP contribution >= 0.6 is 0 Å². The van der Waals surface area contributed by atoms with Crippen LogP contribution in [0.4, 0.5) is 0 Å². The van der Waals surface area contributed by atoms with E-state index in [4.69, 9.17) is 4.42 Å². The molecule has 2 aromatic rings. The first-order valence-corrected chi connectivity index (χ1v) is 9.38. The number of rotatable bonds is 6. The topological polar surface area (TPSA) is 62.6 Å². The fourth-order valence-corrected chi connectivity index (χ4v) is 4.40. The highest BCUT2D eigenvalue weighted by Crippen LogP contribution is 2.23. The summed E-state index contributed by atoms with van der Waals surface area (Å²) in [5.74, 6) is 1.43. The smallest absolute Gasteiger partial charge is 0.243 e. The first-order valence-electron chi connectivity index (χ1n) is 7.94. The molecule has 5 nitrogen and oxygen atoms in total. The Morgan fingerprint density at radius 2 is 1.83 bits per heavy atom. The van der Waals surface area contributed by atoms with E-state index in [-0.39, 0.29) is 0 Å². The summed E-state index contributed by atoms with van der Waals surface area (Å²) < 4.78 is 32.0. The standard InChI is InChI=1S/C17H22N2O3S/c20-23(21,17-6-2-1-3-7-17)19-10-8-15(9-11-19)13-18-14-16-5-4-12-22-16/h1-7,12,15,18H,8-11,13-14H2. The predicted octanol–water partition coefficient (Wildman–Crippen LogP) is 2.47. The number of nitrogens with zero attached hydrogens (tertiary/aromatic N) is 1. The number of nitrogens with one attached hydrogen (secondary N) is 1. The van der Waals surface area contributed by atoms with Crippen molar-refractivity contribution in [3.05, 3.63) is 54.5 Å². The molecule has 1 N–H and O–H groups in total. The van der Waals surface area contributed by atoms with Crippen LogP contribution in [0.3, 0.4) is 0 Å². The van der Waals surface area contributed by atoms with Gasteiger partial charge in [0.15, 0.2) is 0 Å². The first kappa shape index (κ1) is 16.2. The van der Waals surface area contributed by atoms with Crippen molar-refractivity contribution in [3.63, 3.8) is 0 Å². The Morgan fingerprint density at radius 3 is 2.48 bits per heavy atom. The minimum Gasteiger partial charge on any atom is -0.468 e. The minimum atomic E-state index is -3.34. The molecule has 1 saturated heterocycles. The normalized spacial score (nSPS) is 17.4. The van der Waals surface area contributed by atoms with Gasteiger partial charge in [-0.1, -0.05) is 18.2 Å². The predicted molar refractivity (Wildman–Crippen MR) is 88.3 cm³/mol. The van der Waals surface area contributed by atoms with E-state index in [1.165, 1.54) is 0 Å². The molecule has 6 heteroatoms. The summed E-state index contributed by atoms with van der Waals surface area (Å²) in [5.41, 5.74) is 0. The van der Waals surface area contributed by atoms with Gasteiger partial charge >= 0.3 is 0 Å². The van der Waals surface area contributed by atoms with Gasteiger partial charge in [0.1, 0.15) is 5.76 Å². The van der Waals surface area contributed by atoms with Gasteiger partial charge in [-0.2, -0.15) is 4.31 Å². The van der Waals surface area contributed by atoms with Gasteiger partial charge in [0, 0.05) is 13.1 Å². The zero-order valence-electron chi connectivity index (χ0n) is 13.0. The fourth-order valence-electron chi connectivity index (χ4n) is 2.91. The molecule has 0 spiro atoms. The maximum atomic E-state index is 12.6. The monoisotopic (exact) mass is 334 g/mol. The van der Waals surface area contributed by atoms with Crippen LogP contribution in [0.1, 0.15) is 18.6 Å². The van der Waals surface area contributed by atoms with Crippen LogP contribution in [-0.4, -0.2) is 32.4 Å². The van der Waals surface area contributed by atoms with Crippen LogP contribution in [0.5, 0.6) is 0 Å². The second kappa shape index (κ2) is 7.29. The van der Waals surface area contributed by atoms with Gasteiger partial charge in [0.25, 0.3) is 0 Å². The lowest BCUT2D eigenvalue weighted by Gasteiger charge is -2.31. The summed E-state index contributed by atoms with van der Waals surface area (Å²) in [5, 5.41) is 3.38. The second-order valence-electron chi connectivity index (χ2n) is 5.87. The van der Waals surface area contributed by atoms with Gasteiger partial charge in [-0.3, -0.25) is 0 Å². The molecule has 1 aliphatic heterocycles. The lowest BCUT2D eigenvalue weighted by atomic mass is 9.98. The van der Waals surface area contributed by atoms with Crippen molar-refractivity contribution >= 4 is 10.0 Å². The highest BCUT2D eigenvalue weighted by Gasteiger charge is 2.28. The summed E-state index contributed by atoms with van der Waals surface area (Å²) in [4.78, 5) is 0.384. The minimum absolute atomic E-state index is 0.384. The van der Waals surface area contributed by atoms with Crippen molar-refractivity contribution in [2.45, 2.75) is 24.3 Å². The lowest BCUT2D eigenvalue weighted by Crippen LogP contribution is -2.40. The van der Waals surface area contributed by atoms with Crippen molar-refractivity contribution in [1.82, 2.24) is 9.62 Å². The number of piperidine rings is 1. The van der Waals surface area contributed by atoms with Crippen molar-refractivity contribution in [3.8, 4) is 0 Å². The number of benzene rings is 1. The average molecular weight is 334 g/mol. The molecule has 1 aromatic carbocycles. The van der Waals surface area contributed by atoms with Crippen molar-refractivity contribution < 1.29 is 12.8 Å². The van der Waals surface area contributed by atoms with Crippen molar-refractivity contribution in [1.29, 1.82) is 0 Å². The largest absolute Gasteiger partial charge is 0.468 e. The van der Waals surface area contributed by atoms with Gasteiger partial charge in [-0.15, -0.1) is 0 Å². The Kier molecular flexibility index (Phi) is 5.15. The van der Waals surface area contributed by atoms with Gasteiger partial charge in [0.05, 0.1) is 17.7 Å². The highest BCUT2D eigenvalue weighted by molar-refractivity contribution is 7.89. The molecule has 23 heavy (non-hydrogen) atoms. The third-order valence-corrected chi connectivity index (χ3v) is 6.18. The number of furan rings is 1. The van der Waals surface area contributed by atoms with Gasteiger partial charge < -0.3 is 9.73 Å². The van der Waals surface area contributed by atoms with Crippen LogP contribution in [0, 0.1) is 5.92 Å². The van der Waals surface area contributed by atoms with Crippen molar-refractivity contribution in [2.24, 2.45) is 5.92 Å². The number of sulfonamides is 1. The molecule has 0 saturated carbocycles. The van der Waals surface area contributed by atoms with Crippen molar-refractivity contribution in [2.75, 3.05) is 19.6 Å². The molecular formula is C17H22N2O3S.